The van der Waals surface area contributed by atoms with Gasteiger partial charge in [-0.2, -0.15) is 13.2 Å². The van der Waals surface area contributed by atoms with Crippen LogP contribution in [0, 0.1) is 0 Å². The molecule has 1 aliphatic rings. The van der Waals surface area contributed by atoms with Gasteiger partial charge in [0.15, 0.2) is 0 Å². The quantitative estimate of drug-likeness (QED) is 0.620. The largest absolute Gasteiger partial charge is 0.469 e. The van der Waals surface area contributed by atoms with Crippen molar-refractivity contribution in [3.05, 3.63) is 29.3 Å². The van der Waals surface area contributed by atoms with E-state index in [1.807, 2.05) is 6.92 Å². The number of anilines is 1. The Morgan fingerprint density at radius 3 is 2.50 bits per heavy atom. The number of carbonyl (C=O) groups is 2. The van der Waals surface area contributed by atoms with Crippen molar-refractivity contribution < 1.29 is 32.2 Å². The fraction of sp³-hybridized carbons (Fsp3) is 0.529. The molecule has 1 aromatic rings. The van der Waals surface area contributed by atoms with Gasteiger partial charge in [-0.05, 0) is 37.1 Å². The summed E-state index contributed by atoms with van der Waals surface area (Å²) in [6.07, 6.45) is -3.75. The molecule has 0 aliphatic carbocycles. The summed E-state index contributed by atoms with van der Waals surface area (Å²) in [5.41, 5.74) is 5.21. The number of esters is 1. The molecule has 1 aromatic carbocycles. The molecule has 2 atom stereocenters. The average molecular weight is 376 g/mol. The second-order valence-corrected chi connectivity index (χ2v) is 5.77. The maximum absolute atomic E-state index is 12.8. The van der Waals surface area contributed by atoms with Crippen LogP contribution in [0.3, 0.4) is 0 Å². The monoisotopic (exact) mass is 376 g/mol. The van der Waals surface area contributed by atoms with Crippen molar-refractivity contribution in [2.75, 3.05) is 19.0 Å². The molecule has 1 heterocycles. The fourth-order valence-corrected chi connectivity index (χ4v) is 2.59. The summed E-state index contributed by atoms with van der Waals surface area (Å²) in [5.74, 6) is -1.39. The van der Waals surface area contributed by atoms with Gasteiger partial charge in [0.2, 0.25) is 0 Å². The van der Waals surface area contributed by atoms with Gasteiger partial charge in [0.25, 0.3) is 6.47 Å². The third-order valence-electron chi connectivity index (χ3n) is 4.06. The second-order valence-electron chi connectivity index (χ2n) is 5.77. The number of fused-ring (bicyclic) bond motifs is 1. The zero-order valence-electron chi connectivity index (χ0n) is 14.9. The molecule has 1 aliphatic heterocycles. The van der Waals surface area contributed by atoms with Gasteiger partial charge in [-0.1, -0.05) is 6.92 Å². The minimum absolute atomic E-state index is 0.185. The molecule has 6 nitrogen and oxygen atoms in total. The molecule has 0 spiro atoms. The van der Waals surface area contributed by atoms with Crippen LogP contribution < -0.4 is 11.1 Å². The number of hydrogen-bond donors (Lipinski definition) is 2. The Bertz CT molecular complexity index is 637. The minimum atomic E-state index is -4.46. The van der Waals surface area contributed by atoms with Crippen LogP contribution in [0.4, 0.5) is 18.9 Å². The first-order valence-corrected chi connectivity index (χ1v) is 8.03. The predicted octanol–water partition coefficient (Wildman–Crippen LogP) is 3.02. The Labute approximate surface area is 149 Å². The molecule has 146 valence electrons. The zero-order valence-corrected chi connectivity index (χ0v) is 14.9. The highest BCUT2D eigenvalue weighted by Crippen LogP contribution is 2.41. The lowest BCUT2D eigenvalue weighted by atomic mass is 9.82. The van der Waals surface area contributed by atoms with Crippen molar-refractivity contribution in [1.82, 2.24) is 0 Å². The number of halogens is 3. The van der Waals surface area contributed by atoms with Gasteiger partial charge in [0, 0.05) is 12.1 Å². The van der Waals surface area contributed by atoms with Gasteiger partial charge in [0.05, 0.1) is 30.9 Å². The van der Waals surface area contributed by atoms with Crippen LogP contribution in [0.2, 0.25) is 0 Å². The fourth-order valence-electron chi connectivity index (χ4n) is 2.59. The molecule has 3 N–H and O–H groups in total. The van der Waals surface area contributed by atoms with E-state index in [-0.39, 0.29) is 12.0 Å². The average Bonchev–Trinajstić information content (AvgIpc) is 2.60. The maximum atomic E-state index is 12.8. The van der Waals surface area contributed by atoms with Crippen molar-refractivity contribution >= 4 is 18.1 Å². The number of hydrogen-bond acceptors (Lipinski definition) is 6. The molecular formula is C17H23F3N2O4. The molecule has 0 saturated carbocycles. The number of benzene rings is 1. The standard InChI is InChI=1S/C14H17F3N2O2.C3H6O2/c1-3-13(18)7-10(12(20)21-2)9-6-8(14(15,16)17)4-5-11(9)19-13;1-2-5-3-4/h4-6,10,19H,3,7,18H2,1-2H3;3H,2H2,1H3/t10-,13+;/m0./s1. The van der Waals surface area contributed by atoms with E-state index in [1.54, 1.807) is 6.92 Å². The summed E-state index contributed by atoms with van der Waals surface area (Å²) in [7, 11) is 1.21. The number of nitrogens with one attached hydrogen (secondary N) is 1. The van der Waals surface area contributed by atoms with Crippen molar-refractivity contribution in [3.63, 3.8) is 0 Å². The minimum Gasteiger partial charge on any atom is -0.469 e. The Balaban J connectivity index is 0.000000597. The summed E-state index contributed by atoms with van der Waals surface area (Å²) in [6.45, 7) is 4.51. The van der Waals surface area contributed by atoms with Gasteiger partial charge in [-0.25, -0.2) is 0 Å². The highest BCUT2D eigenvalue weighted by molar-refractivity contribution is 5.82. The first kappa shape index (κ1) is 21.8. The lowest BCUT2D eigenvalue weighted by molar-refractivity contribution is -0.143. The van der Waals surface area contributed by atoms with E-state index in [2.05, 4.69) is 10.1 Å². The van der Waals surface area contributed by atoms with E-state index < -0.39 is 29.3 Å². The molecule has 2 rings (SSSR count). The molecule has 0 unspecified atom stereocenters. The highest BCUT2D eigenvalue weighted by atomic mass is 19.4. The van der Waals surface area contributed by atoms with Crippen molar-refractivity contribution in [3.8, 4) is 0 Å². The van der Waals surface area contributed by atoms with Crippen molar-refractivity contribution in [2.24, 2.45) is 5.73 Å². The molecule has 0 fully saturated rings. The molecule has 0 radical (unpaired) electrons. The second kappa shape index (κ2) is 8.88. The van der Waals surface area contributed by atoms with Crippen LogP contribution in [0.5, 0.6) is 0 Å². The summed E-state index contributed by atoms with van der Waals surface area (Å²) in [5, 5.41) is 3.01. The van der Waals surface area contributed by atoms with E-state index in [0.717, 1.165) is 12.1 Å². The first-order chi connectivity index (χ1) is 12.1. The molecule has 0 bridgehead atoms. The van der Waals surface area contributed by atoms with Crippen LogP contribution in [-0.2, 0) is 25.2 Å². The zero-order chi connectivity index (χ0) is 20.0. The van der Waals surface area contributed by atoms with E-state index in [4.69, 9.17) is 10.5 Å². The first-order valence-electron chi connectivity index (χ1n) is 8.03. The molecular weight excluding hydrogens is 353 g/mol. The lowest BCUT2D eigenvalue weighted by Gasteiger charge is -2.39. The van der Waals surface area contributed by atoms with Gasteiger partial charge in [0.1, 0.15) is 0 Å². The van der Waals surface area contributed by atoms with E-state index in [1.165, 1.54) is 13.2 Å². The third-order valence-corrected chi connectivity index (χ3v) is 4.06. The van der Waals surface area contributed by atoms with E-state index in [9.17, 15) is 22.8 Å². The Hall–Kier alpha value is -2.29. The van der Waals surface area contributed by atoms with Crippen LogP contribution >= 0.6 is 0 Å². The number of nitrogens with two attached hydrogens (primary N) is 1. The van der Waals surface area contributed by atoms with Gasteiger partial charge < -0.3 is 20.5 Å². The SMILES string of the molecule is CCOC=O.CC[C@]1(N)C[C@H](C(=O)OC)c2cc(C(F)(F)F)ccc2N1. The Morgan fingerprint density at radius 2 is 2.08 bits per heavy atom. The van der Waals surface area contributed by atoms with Gasteiger partial charge >= 0.3 is 12.1 Å². The van der Waals surface area contributed by atoms with Crippen LogP contribution in [-0.4, -0.2) is 31.8 Å². The summed E-state index contributed by atoms with van der Waals surface area (Å²) < 4.78 is 47.3. The smallest absolute Gasteiger partial charge is 0.416 e. The van der Waals surface area contributed by atoms with Crippen LogP contribution in [0.15, 0.2) is 18.2 Å². The van der Waals surface area contributed by atoms with Gasteiger partial charge in [-0.3, -0.25) is 9.59 Å². The number of carbonyl (C=O) groups excluding carboxylic acids is 2. The normalized spacial score (nSPS) is 21.4. The summed E-state index contributed by atoms with van der Waals surface area (Å²) in [6, 6.07) is 3.27. The highest BCUT2D eigenvalue weighted by Gasteiger charge is 2.40. The number of alkyl halides is 3. The third kappa shape index (κ3) is 5.35. The van der Waals surface area contributed by atoms with Crippen LogP contribution in [0.25, 0.3) is 0 Å². The summed E-state index contributed by atoms with van der Waals surface area (Å²) >= 11 is 0. The van der Waals surface area contributed by atoms with Crippen LogP contribution in [0.1, 0.15) is 43.7 Å². The number of ether oxygens (including phenoxy) is 2. The Morgan fingerprint density at radius 1 is 1.42 bits per heavy atom. The molecule has 26 heavy (non-hydrogen) atoms. The summed E-state index contributed by atoms with van der Waals surface area (Å²) in [4.78, 5) is 21.1. The Kier molecular flexibility index (Phi) is 7.43. The van der Waals surface area contributed by atoms with Crippen molar-refractivity contribution in [2.45, 2.75) is 44.4 Å². The number of rotatable bonds is 4. The number of methoxy groups -OCH3 is 1. The predicted molar refractivity (Wildman–Crippen MR) is 89.3 cm³/mol. The lowest BCUT2D eigenvalue weighted by Crippen LogP contribution is -2.51. The maximum Gasteiger partial charge on any atom is 0.416 e. The van der Waals surface area contributed by atoms with E-state index >= 15 is 0 Å². The van der Waals surface area contributed by atoms with E-state index in [0.29, 0.717) is 25.2 Å². The molecule has 0 amide bonds. The van der Waals surface area contributed by atoms with Crippen molar-refractivity contribution in [1.29, 1.82) is 0 Å². The topological polar surface area (TPSA) is 90.7 Å². The molecule has 0 aromatic heterocycles. The molecule has 9 heteroatoms. The molecule has 0 saturated heterocycles. The van der Waals surface area contributed by atoms with Gasteiger partial charge in [-0.15, -0.1) is 0 Å².